The number of aromatic amines is 1. The maximum Gasteiger partial charge on any atom is 0.123 e. The second-order valence-corrected chi connectivity index (χ2v) is 4.73. The summed E-state index contributed by atoms with van der Waals surface area (Å²) in [7, 11) is 0. The van der Waals surface area contributed by atoms with Crippen molar-refractivity contribution in [3.63, 3.8) is 0 Å². The van der Waals surface area contributed by atoms with Crippen LogP contribution in [0.2, 0.25) is 0 Å². The van der Waals surface area contributed by atoms with Crippen LogP contribution in [0.4, 0.5) is 10.1 Å². The summed E-state index contributed by atoms with van der Waals surface area (Å²) in [5, 5.41) is 10.5. The molecule has 0 amide bonds. The van der Waals surface area contributed by atoms with Crippen LogP contribution >= 0.6 is 0 Å². The smallest absolute Gasteiger partial charge is 0.123 e. The van der Waals surface area contributed by atoms with Crippen molar-refractivity contribution >= 4 is 5.69 Å². The normalized spacial score (nSPS) is 16.4. The lowest BCUT2D eigenvalue weighted by molar-refractivity contribution is 0.628. The number of nitrogens with one attached hydrogen (secondary N) is 2. The van der Waals surface area contributed by atoms with E-state index in [0.29, 0.717) is 0 Å². The fraction of sp³-hybridized carbons (Fsp3) is 0.357. The second kappa shape index (κ2) is 5.40. The first-order valence-corrected chi connectivity index (χ1v) is 6.59. The molecule has 19 heavy (non-hydrogen) atoms. The monoisotopic (exact) mass is 260 g/mol. The van der Waals surface area contributed by atoms with Crippen LogP contribution in [0, 0.1) is 5.82 Å². The highest BCUT2D eigenvalue weighted by Crippen LogP contribution is 2.29. The van der Waals surface area contributed by atoms with Gasteiger partial charge in [-0.2, -0.15) is 5.10 Å². The Morgan fingerprint density at radius 2 is 2.16 bits per heavy atom. The molecule has 0 aliphatic carbocycles. The Morgan fingerprint density at radius 3 is 3.05 bits per heavy atom. The van der Waals surface area contributed by atoms with E-state index in [2.05, 4.69) is 20.4 Å². The average Bonchev–Trinajstić information content (AvgIpc) is 2.75. The molecule has 1 aromatic heterocycles. The molecule has 0 unspecified atom stereocenters. The Bertz CT molecular complexity index is 544. The third-order valence-corrected chi connectivity index (χ3v) is 3.41. The summed E-state index contributed by atoms with van der Waals surface area (Å²) in [6.45, 7) is 3.95. The lowest BCUT2D eigenvalue weighted by Crippen LogP contribution is -2.27. The minimum atomic E-state index is -0.226. The molecule has 2 heterocycles. The van der Waals surface area contributed by atoms with Gasteiger partial charge < -0.3 is 10.2 Å². The van der Waals surface area contributed by atoms with E-state index >= 15 is 0 Å². The zero-order valence-corrected chi connectivity index (χ0v) is 10.7. The van der Waals surface area contributed by atoms with E-state index in [0.717, 1.165) is 49.5 Å². The molecule has 0 spiro atoms. The predicted octanol–water partition coefficient (Wildman–Crippen LogP) is 2.02. The number of nitrogens with zero attached hydrogens (tertiary/aromatic N) is 2. The molecular formula is C14H17FN4. The zero-order valence-electron chi connectivity index (χ0n) is 10.7. The number of rotatable bonds is 2. The molecule has 1 fully saturated rings. The maximum atomic E-state index is 13.3. The van der Waals surface area contributed by atoms with Gasteiger partial charge in [0.1, 0.15) is 5.82 Å². The first-order chi connectivity index (χ1) is 9.34. The van der Waals surface area contributed by atoms with E-state index in [4.69, 9.17) is 0 Å². The molecule has 2 aromatic rings. The van der Waals surface area contributed by atoms with Gasteiger partial charge in [-0.25, -0.2) is 4.39 Å². The lowest BCUT2D eigenvalue weighted by atomic mass is 10.1. The molecule has 3 rings (SSSR count). The van der Waals surface area contributed by atoms with E-state index in [-0.39, 0.29) is 5.82 Å². The Hall–Kier alpha value is -1.88. The Balaban J connectivity index is 1.93. The molecule has 4 nitrogen and oxygen atoms in total. The van der Waals surface area contributed by atoms with E-state index in [1.54, 1.807) is 6.07 Å². The number of benzene rings is 1. The molecule has 0 radical (unpaired) electrons. The summed E-state index contributed by atoms with van der Waals surface area (Å²) in [6, 6.07) is 6.61. The predicted molar refractivity (Wildman–Crippen MR) is 73.7 cm³/mol. The molecule has 2 N–H and O–H groups in total. The SMILES string of the molecule is Fc1cccc(-c2[nH]ncc2N2CCCNCC2)c1. The number of hydrogen-bond acceptors (Lipinski definition) is 3. The summed E-state index contributed by atoms with van der Waals surface area (Å²) in [6.07, 6.45) is 2.93. The molecule has 5 heteroatoms. The van der Waals surface area contributed by atoms with Crippen LogP contribution in [0.25, 0.3) is 11.3 Å². The molecule has 0 atom stereocenters. The minimum absolute atomic E-state index is 0.226. The summed E-state index contributed by atoms with van der Waals surface area (Å²) in [5.41, 5.74) is 2.78. The summed E-state index contributed by atoms with van der Waals surface area (Å²) in [5.74, 6) is -0.226. The number of H-pyrrole nitrogens is 1. The van der Waals surface area contributed by atoms with Gasteiger partial charge in [-0.15, -0.1) is 0 Å². The van der Waals surface area contributed by atoms with Gasteiger partial charge in [-0.3, -0.25) is 5.10 Å². The fourth-order valence-corrected chi connectivity index (χ4v) is 2.46. The van der Waals surface area contributed by atoms with Crippen LogP contribution in [-0.2, 0) is 0 Å². The van der Waals surface area contributed by atoms with Crippen molar-refractivity contribution in [2.75, 3.05) is 31.1 Å². The van der Waals surface area contributed by atoms with Crippen molar-refractivity contribution < 1.29 is 4.39 Å². The third kappa shape index (κ3) is 2.61. The highest BCUT2D eigenvalue weighted by Gasteiger charge is 2.16. The van der Waals surface area contributed by atoms with Crippen LogP contribution in [-0.4, -0.2) is 36.4 Å². The Kier molecular flexibility index (Phi) is 3.46. The second-order valence-electron chi connectivity index (χ2n) is 4.73. The standard InChI is InChI=1S/C14H17FN4/c15-12-4-1-3-11(9-12)14-13(10-17-18-14)19-7-2-5-16-6-8-19/h1,3-4,9-10,16H,2,5-8H2,(H,17,18). The van der Waals surface area contributed by atoms with Crippen LogP contribution in [0.15, 0.2) is 30.5 Å². The van der Waals surface area contributed by atoms with Crippen LogP contribution in [0.3, 0.4) is 0 Å². The first kappa shape index (κ1) is 12.2. The van der Waals surface area contributed by atoms with Gasteiger partial charge in [-0.05, 0) is 25.1 Å². The quantitative estimate of drug-likeness (QED) is 0.868. The lowest BCUT2D eigenvalue weighted by Gasteiger charge is -2.21. The van der Waals surface area contributed by atoms with Crippen LogP contribution in [0.1, 0.15) is 6.42 Å². The van der Waals surface area contributed by atoms with Crippen LogP contribution < -0.4 is 10.2 Å². The van der Waals surface area contributed by atoms with Gasteiger partial charge in [-0.1, -0.05) is 12.1 Å². The Labute approximate surface area is 111 Å². The maximum absolute atomic E-state index is 13.3. The van der Waals surface area contributed by atoms with Gasteiger partial charge in [0.25, 0.3) is 0 Å². The molecule has 1 aliphatic heterocycles. The topological polar surface area (TPSA) is 44.0 Å². The number of anilines is 1. The average molecular weight is 260 g/mol. The highest BCUT2D eigenvalue weighted by atomic mass is 19.1. The van der Waals surface area contributed by atoms with Crippen molar-refractivity contribution in [1.82, 2.24) is 15.5 Å². The molecule has 1 saturated heterocycles. The van der Waals surface area contributed by atoms with Gasteiger partial charge in [0.15, 0.2) is 0 Å². The van der Waals surface area contributed by atoms with Crippen molar-refractivity contribution in [3.8, 4) is 11.3 Å². The minimum Gasteiger partial charge on any atom is -0.367 e. The van der Waals surface area contributed by atoms with Gasteiger partial charge in [0, 0.05) is 25.2 Å². The fourth-order valence-electron chi connectivity index (χ4n) is 2.46. The number of hydrogen-bond donors (Lipinski definition) is 2. The summed E-state index contributed by atoms with van der Waals surface area (Å²) >= 11 is 0. The molecule has 1 aliphatic rings. The molecule has 100 valence electrons. The Morgan fingerprint density at radius 1 is 1.21 bits per heavy atom. The van der Waals surface area contributed by atoms with Crippen molar-refractivity contribution in [2.24, 2.45) is 0 Å². The number of aromatic nitrogens is 2. The third-order valence-electron chi connectivity index (χ3n) is 3.41. The summed E-state index contributed by atoms with van der Waals surface area (Å²) < 4.78 is 13.3. The van der Waals surface area contributed by atoms with E-state index < -0.39 is 0 Å². The van der Waals surface area contributed by atoms with Crippen LogP contribution in [0.5, 0.6) is 0 Å². The molecule has 1 aromatic carbocycles. The highest BCUT2D eigenvalue weighted by molar-refractivity contribution is 5.74. The molecule has 0 bridgehead atoms. The van der Waals surface area contributed by atoms with E-state index in [9.17, 15) is 4.39 Å². The van der Waals surface area contributed by atoms with Crippen molar-refractivity contribution in [1.29, 1.82) is 0 Å². The van der Waals surface area contributed by atoms with Gasteiger partial charge >= 0.3 is 0 Å². The largest absolute Gasteiger partial charge is 0.367 e. The molecule has 0 saturated carbocycles. The van der Waals surface area contributed by atoms with Gasteiger partial charge in [0.2, 0.25) is 0 Å². The van der Waals surface area contributed by atoms with E-state index in [1.165, 1.54) is 12.1 Å². The van der Waals surface area contributed by atoms with Crippen molar-refractivity contribution in [3.05, 3.63) is 36.3 Å². The zero-order chi connectivity index (χ0) is 13.1. The molecular weight excluding hydrogens is 243 g/mol. The van der Waals surface area contributed by atoms with Gasteiger partial charge in [0.05, 0.1) is 17.6 Å². The summed E-state index contributed by atoms with van der Waals surface area (Å²) in [4.78, 5) is 2.30. The van der Waals surface area contributed by atoms with Crippen molar-refractivity contribution in [2.45, 2.75) is 6.42 Å². The van der Waals surface area contributed by atoms with E-state index in [1.807, 2.05) is 12.3 Å². The number of halogens is 1. The first-order valence-electron chi connectivity index (χ1n) is 6.59.